The highest BCUT2D eigenvalue weighted by atomic mass is 79.9. The minimum Gasteiger partial charge on any atom is -0.371 e. The van der Waals surface area contributed by atoms with Gasteiger partial charge in [-0.05, 0) is 55.5 Å². The molecular weight excluding hydrogens is 565 g/mol. The lowest BCUT2D eigenvalue weighted by Crippen LogP contribution is -2.49. The van der Waals surface area contributed by atoms with Crippen LogP contribution in [0.2, 0.25) is 0 Å². The minimum absolute atomic E-state index is 0.0144. The molecule has 1 amide bonds. The van der Waals surface area contributed by atoms with E-state index in [9.17, 15) is 18.0 Å². The summed E-state index contributed by atoms with van der Waals surface area (Å²) >= 11 is 7.07. The van der Waals surface area contributed by atoms with Crippen molar-refractivity contribution < 1.29 is 18.0 Å². The lowest BCUT2D eigenvalue weighted by molar-refractivity contribution is -0.141. The monoisotopic (exact) mass is 584 g/mol. The van der Waals surface area contributed by atoms with E-state index < -0.39 is 17.4 Å². The Morgan fingerprint density at radius 3 is 2.52 bits per heavy atom. The van der Waals surface area contributed by atoms with Gasteiger partial charge >= 0.3 is 6.18 Å². The second kappa shape index (κ2) is 8.37. The molecular formula is C23H21Br2F3N4O. The Kier molecular flexibility index (Phi) is 5.79. The number of nitrogens with one attached hydrogen (secondary N) is 1. The zero-order chi connectivity index (χ0) is 23.4. The fourth-order valence-corrected chi connectivity index (χ4v) is 5.37. The normalized spacial score (nSPS) is 20.2. The minimum atomic E-state index is -4.50. The molecule has 1 aromatic heterocycles. The summed E-state index contributed by atoms with van der Waals surface area (Å²) in [6.07, 6.45) is -1.85. The molecule has 1 spiro atoms. The molecule has 10 heteroatoms. The van der Waals surface area contributed by atoms with Crippen LogP contribution in [0.3, 0.4) is 0 Å². The predicted octanol–water partition coefficient (Wildman–Crippen LogP) is 5.55. The van der Waals surface area contributed by atoms with E-state index in [1.54, 1.807) is 0 Å². The van der Waals surface area contributed by atoms with Crippen molar-refractivity contribution >= 4 is 49.3 Å². The van der Waals surface area contributed by atoms with Gasteiger partial charge in [-0.3, -0.25) is 9.79 Å². The summed E-state index contributed by atoms with van der Waals surface area (Å²) in [5, 5.41) is 3.58. The predicted molar refractivity (Wildman–Crippen MR) is 127 cm³/mol. The molecule has 2 fully saturated rings. The number of carbonyl (C=O) groups is 1. The van der Waals surface area contributed by atoms with Gasteiger partial charge in [0, 0.05) is 40.1 Å². The third kappa shape index (κ3) is 4.32. The number of piperidine rings is 1. The molecule has 174 valence electrons. The molecule has 3 aliphatic rings. The molecule has 5 nitrogen and oxygen atoms in total. The lowest BCUT2D eigenvalue weighted by Gasteiger charge is -2.37. The number of hydrogen-bond donors (Lipinski definition) is 1. The molecule has 1 saturated heterocycles. The van der Waals surface area contributed by atoms with Gasteiger partial charge in [0.2, 0.25) is 0 Å². The fourth-order valence-electron chi connectivity index (χ4n) is 4.55. The average Bonchev–Trinajstić information content (AvgIpc) is 3.59. The lowest BCUT2D eigenvalue weighted by atomic mass is 9.87. The molecule has 2 aliphatic heterocycles. The van der Waals surface area contributed by atoms with Crippen molar-refractivity contribution in [3.05, 3.63) is 57.3 Å². The van der Waals surface area contributed by atoms with Crippen LogP contribution in [0.15, 0.2) is 39.8 Å². The highest BCUT2D eigenvalue weighted by molar-refractivity contribution is 9.10. The van der Waals surface area contributed by atoms with E-state index >= 15 is 0 Å². The summed E-state index contributed by atoms with van der Waals surface area (Å²) in [6, 6.07) is 8.52. The maximum absolute atomic E-state index is 13.2. The number of amidine groups is 1. The number of benzene rings is 1. The van der Waals surface area contributed by atoms with Crippen LogP contribution in [0.1, 0.15) is 54.1 Å². The zero-order valence-electron chi connectivity index (χ0n) is 17.6. The van der Waals surface area contributed by atoms with Crippen LogP contribution in [0.5, 0.6) is 0 Å². The fraction of sp³-hybridized carbons (Fsp3) is 0.435. The number of alkyl halides is 4. The molecule has 1 N–H and O–H groups in total. The van der Waals surface area contributed by atoms with E-state index in [1.807, 2.05) is 6.07 Å². The molecule has 1 saturated carbocycles. The number of halogens is 5. The smallest absolute Gasteiger partial charge is 0.371 e. The molecule has 1 aromatic carbocycles. The van der Waals surface area contributed by atoms with Crippen LogP contribution in [-0.2, 0) is 16.3 Å². The number of carbonyl (C=O) groups excluding carboxylic acids is 1. The molecule has 0 radical (unpaired) electrons. The number of pyridine rings is 1. The van der Waals surface area contributed by atoms with Crippen molar-refractivity contribution in [2.24, 2.45) is 4.99 Å². The molecule has 3 heterocycles. The Balaban J connectivity index is 1.41. The molecule has 0 bridgehead atoms. The summed E-state index contributed by atoms with van der Waals surface area (Å²) < 4.78 is 40.6. The van der Waals surface area contributed by atoms with Gasteiger partial charge < -0.3 is 10.2 Å². The Labute approximate surface area is 206 Å². The van der Waals surface area contributed by atoms with Gasteiger partial charge in [0.1, 0.15) is 17.1 Å². The van der Waals surface area contributed by atoms with E-state index in [0.29, 0.717) is 43.0 Å². The van der Waals surface area contributed by atoms with Crippen molar-refractivity contribution in [1.82, 2.24) is 10.3 Å². The SMILES string of the molecule is O=C1NC(c2ccc(C(F)(F)F)nc2C2CC2)=NC12CCN(c1cc(Br)ccc1CBr)CC2. The molecule has 1 aliphatic carbocycles. The van der Waals surface area contributed by atoms with Gasteiger partial charge in [0.15, 0.2) is 0 Å². The summed E-state index contributed by atoms with van der Waals surface area (Å²) in [4.78, 5) is 24.0. The molecule has 2 aromatic rings. The third-order valence-electron chi connectivity index (χ3n) is 6.54. The topological polar surface area (TPSA) is 57.6 Å². The molecule has 0 atom stereocenters. The van der Waals surface area contributed by atoms with Crippen LogP contribution in [0, 0.1) is 0 Å². The van der Waals surface area contributed by atoms with Crippen molar-refractivity contribution in [1.29, 1.82) is 0 Å². The first kappa shape index (κ1) is 22.8. The van der Waals surface area contributed by atoms with E-state index in [1.165, 1.54) is 11.6 Å². The first-order valence-corrected chi connectivity index (χ1v) is 12.7. The van der Waals surface area contributed by atoms with E-state index in [-0.39, 0.29) is 11.8 Å². The second-order valence-corrected chi connectivity index (χ2v) is 10.2. The van der Waals surface area contributed by atoms with Gasteiger partial charge in [-0.25, -0.2) is 4.98 Å². The van der Waals surface area contributed by atoms with Crippen molar-refractivity contribution in [3.63, 3.8) is 0 Å². The second-order valence-electron chi connectivity index (χ2n) is 8.74. The quantitative estimate of drug-likeness (QED) is 0.479. The largest absolute Gasteiger partial charge is 0.433 e. The summed E-state index contributed by atoms with van der Waals surface area (Å²) in [5.74, 6) is 0.147. The number of nitrogens with zero attached hydrogens (tertiary/aromatic N) is 3. The zero-order valence-corrected chi connectivity index (χ0v) is 20.7. The number of anilines is 1. The van der Waals surface area contributed by atoms with Gasteiger partial charge in [-0.2, -0.15) is 13.2 Å². The van der Waals surface area contributed by atoms with E-state index in [4.69, 9.17) is 4.99 Å². The Morgan fingerprint density at radius 2 is 1.88 bits per heavy atom. The van der Waals surface area contributed by atoms with Crippen LogP contribution < -0.4 is 10.2 Å². The number of hydrogen-bond acceptors (Lipinski definition) is 4. The maximum Gasteiger partial charge on any atom is 0.433 e. The third-order valence-corrected chi connectivity index (χ3v) is 7.63. The van der Waals surface area contributed by atoms with Gasteiger partial charge in [0.05, 0.1) is 5.69 Å². The molecule has 5 rings (SSSR count). The van der Waals surface area contributed by atoms with Crippen LogP contribution in [-0.4, -0.2) is 35.4 Å². The summed E-state index contributed by atoms with van der Waals surface area (Å²) in [7, 11) is 0. The Hall–Kier alpha value is -1.94. The highest BCUT2D eigenvalue weighted by Crippen LogP contribution is 2.43. The number of amides is 1. The maximum atomic E-state index is 13.2. The van der Waals surface area contributed by atoms with E-state index in [0.717, 1.165) is 34.4 Å². The molecule has 33 heavy (non-hydrogen) atoms. The van der Waals surface area contributed by atoms with Crippen molar-refractivity contribution in [3.8, 4) is 0 Å². The van der Waals surface area contributed by atoms with Crippen molar-refractivity contribution in [2.75, 3.05) is 18.0 Å². The van der Waals surface area contributed by atoms with Crippen LogP contribution in [0.4, 0.5) is 18.9 Å². The Morgan fingerprint density at radius 1 is 1.15 bits per heavy atom. The summed E-state index contributed by atoms with van der Waals surface area (Å²) in [5.41, 5.74) is 1.37. The van der Waals surface area contributed by atoms with E-state index in [2.05, 4.69) is 59.2 Å². The first-order chi connectivity index (χ1) is 15.7. The summed E-state index contributed by atoms with van der Waals surface area (Å²) in [6.45, 7) is 1.31. The van der Waals surface area contributed by atoms with Gasteiger partial charge in [0.25, 0.3) is 5.91 Å². The van der Waals surface area contributed by atoms with Gasteiger partial charge in [-0.15, -0.1) is 0 Å². The van der Waals surface area contributed by atoms with Crippen molar-refractivity contribution in [2.45, 2.75) is 48.6 Å². The number of aliphatic imine (C=N–C) groups is 1. The van der Waals surface area contributed by atoms with Gasteiger partial charge in [-0.1, -0.05) is 37.9 Å². The Bertz CT molecular complexity index is 1140. The number of aromatic nitrogens is 1. The first-order valence-electron chi connectivity index (χ1n) is 10.8. The van der Waals surface area contributed by atoms with Crippen LogP contribution in [0.25, 0.3) is 0 Å². The van der Waals surface area contributed by atoms with Crippen LogP contribution >= 0.6 is 31.9 Å². The number of rotatable bonds is 4. The average molecular weight is 586 g/mol. The highest BCUT2D eigenvalue weighted by Gasteiger charge is 2.47. The standard InChI is InChI=1S/C23H21Br2F3N4O/c24-12-14-3-4-15(25)11-17(14)32-9-7-22(8-10-32)21(33)30-20(31-22)16-5-6-18(23(26,27)28)29-19(16)13-1-2-13/h3-6,11,13H,1-2,7-10,12H2,(H,30,31,33). The molecule has 0 unspecified atom stereocenters.